The second-order valence-corrected chi connectivity index (χ2v) is 7.02. The summed E-state index contributed by atoms with van der Waals surface area (Å²) in [7, 11) is 1.62. The lowest BCUT2D eigenvalue weighted by atomic mass is 10.2. The Morgan fingerprint density at radius 2 is 2.14 bits per heavy atom. The largest absolute Gasteiger partial charge is 0.497 e. The number of hydrogen-bond acceptors (Lipinski definition) is 5. The zero-order valence-corrected chi connectivity index (χ0v) is 15.8. The average Bonchev–Trinajstić information content (AvgIpc) is 3.32. The Hall–Kier alpha value is -3.26. The van der Waals surface area contributed by atoms with E-state index in [2.05, 4.69) is 20.3 Å². The van der Waals surface area contributed by atoms with Crippen LogP contribution in [0.1, 0.15) is 12.2 Å². The molecule has 0 aliphatic carbocycles. The predicted octanol–water partition coefficient (Wildman–Crippen LogP) is 4.41. The number of H-pyrrole nitrogens is 1. The molecule has 0 aliphatic rings. The van der Waals surface area contributed by atoms with E-state index in [-0.39, 0.29) is 18.1 Å². The van der Waals surface area contributed by atoms with E-state index in [1.54, 1.807) is 13.2 Å². The van der Waals surface area contributed by atoms with Gasteiger partial charge in [-0.05, 0) is 30.3 Å². The van der Waals surface area contributed by atoms with Gasteiger partial charge in [-0.1, -0.05) is 12.1 Å². The van der Waals surface area contributed by atoms with Gasteiger partial charge in [0.05, 0.1) is 23.8 Å². The first-order chi connectivity index (χ1) is 13.6. The van der Waals surface area contributed by atoms with Crippen molar-refractivity contribution in [3.8, 4) is 17.0 Å². The van der Waals surface area contributed by atoms with Gasteiger partial charge in [-0.3, -0.25) is 4.79 Å². The summed E-state index contributed by atoms with van der Waals surface area (Å²) in [5.74, 6) is 0.919. The number of aromatic amines is 1. The van der Waals surface area contributed by atoms with Crippen LogP contribution in [0.15, 0.2) is 47.8 Å². The van der Waals surface area contributed by atoms with E-state index < -0.39 is 0 Å². The first kappa shape index (κ1) is 18.1. The first-order valence-electron chi connectivity index (χ1n) is 8.64. The fraction of sp³-hybridized carbons (Fsp3) is 0.150. The summed E-state index contributed by atoms with van der Waals surface area (Å²) < 4.78 is 18.5. The van der Waals surface area contributed by atoms with Crippen molar-refractivity contribution in [3.05, 3.63) is 59.5 Å². The van der Waals surface area contributed by atoms with Gasteiger partial charge in [0.15, 0.2) is 5.13 Å². The molecule has 0 atom stereocenters. The third kappa shape index (κ3) is 4.01. The molecule has 2 aromatic heterocycles. The van der Waals surface area contributed by atoms with E-state index in [4.69, 9.17) is 4.74 Å². The number of fused-ring (bicyclic) bond motifs is 1. The van der Waals surface area contributed by atoms with Crippen LogP contribution in [0, 0.1) is 5.82 Å². The minimum absolute atomic E-state index is 0.154. The molecule has 4 aromatic rings. The van der Waals surface area contributed by atoms with Crippen LogP contribution in [0.3, 0.4) is 0 Å². The topological polar surface area (TPSA) is 79.9 Å². The van der Waals surface area contributed by atoms with Gasteiger partial charge in [0.1, 0.15) is 17.4 Å². The Morgan fingerprint density at radius 3 is 3.00 bits per heavy atom. The lowest BCUT2D eigenvalue weighted by molar-refractivity contribution is -0.116. The van der Waals surface area contributed by atoms with Gasteiger partial charge in [-0.25, -0.2) is 14.4 Å². The number of nitrogens with one attached hydrogen (secondary N) is 2. The van der Waals surface area contributed by atoms with Crippen LogP contribution >= 0.6 is 11.3 Å². The van der Waals surface area contributed by atoms with E-state index in [0.717, 1.165) is 17.0 Å². The summed E-state index contributed by atoms with van der Waals surface area (Å²) in [4.78, 5) is 24.1. The fourth-order valence-electron chi connectivity index (χ4n) is 2.81. The van der Waals surface area contributed by atoms with Crippen molar-refractivity contribution < 1.29 is 13.9 Å². The van der Waals surface area contributed by atoms with Crippen LogP contribution in [0.4, 0.5) is 9.52 Å². The number of nitrogens with zero attached hydrogens (tertiary/aromatic N) is 2. The molecule has 0 aliphatic heterocycles. The normalized spacial score (nSPS) is 10.9. The second-order valence-electron chi connectivity index (χ2n) is 6.16. The van der Waals surface area contributed by atoms with Gasteiger partial charge in [0, 0.05) is 23.8 Å². The molecule has 142 valence electrons. The molecule has 0 bridgehead atoms. The number of rotatable bonds is 6. The Balaban J connectivity index is 1.37. The number of aryl methyl sites for hydroxylation is 1. The molecule has 0 fully saturated rings. The molecule has 2 aromatic carbocycles. The molecule has 6 nitrogen and oxygen atoms in total. The number of methoxy groups -OCH3 is 1. The third-order valence-electron chi connectivity index (χ3n) is 4.20. The number of ether oxygens (including phenoxy) is 1. The number of amides is 1. The summed E-state index contributed by atoms with van der Waals surface area (Å²) >= 11 is 1.36. The van der Waals surface area contributed by atoms with Crippen molar-refractivity contribution in [2.24, 2.45) is 0 Å². The van der Waals surface area contributed by atoms with Crippen LogP contribution in [-0.2, 0) is 11.2 Å². The quantitative estimate of drug-likeness (QED) is 0.506. The number of halogens is 1. The van der Waals surface area contributed by atoms with Gasteiger partial charge >= 0.3 is 0 Å². The Bertz CT molecular complexity index is 1140. The minimum Gasteiger partial charge on any atom is -0.497 e. The van der Waals surface area contributed by atoms with Crippen molar-refractivity contribution in [2.75, 3.05) is 12.4 Å². The van der Waals surface area contributed by atoms with Gasteiger partial charge in [-0.15, -0.1) is 11.3 Å². The number of carbonyl (C=O) groups is 1. The lowest BCUT2D eigenvalue weighted by Gasteiger charge is -2.02. The van der Waals surface area contributed by atoms with Crippen molar-refractivity contribution in [3.63, 3.8) is 0 Å². The van der Waals surface area contributed by atoms with Gasteiger partial charge in [0.2, 0.25) is 5.91 Å². The average molecular weight is 396 g/mol. The maximum atomic E-state index is 13.2. The third-order valence-corrected chi connectivity index (χ3v) is 4.96. The van der Waals surface area contributed by atoms with E-state index in [0.29, 0.717) is 28.4 Å². The Labute approximate surface area is 164 Å². The molecule has 0 unspecified atom stereocenters. The maximum absolute atomic E-state index is 13.2. The summed E-state index contributed by atoms with van der Waals surface area (Å²) in [6.07, 6.45) is 0.673. The van der Waals surface area contributed by atoms with E-state index >= 15 is 0 Å². The molecule has 0 saturated carbocycles. The van der Waals surface area contributed by atoms with Gasteiger partial charge < -0.3 is 15.0 Å². The second kappa shape index (κ2) is 7.77. The van der Waals surface area contributed by atoms with E-state index in [1.165, 1.54) is 23.5 Å². The monoisotopic (exact) mass is 396 g/mol. The Kier molecular flexibility index (Phi) is 5.03. The highest BCUT2D eigenvalue weighted by molar-refractivity contribution is 7.14. The predicted molar refractivity (Wildman–Crippen MR) is 107 cm³/mol. The minimum atomic E-state index is -0.323. The lowest BCUT2D eigenvalue weighted by Crippen LogP contribution is -2.12. The fourth-order valence-corrected chi connectivity index (χ4v) is 3.55. The van der Waals surface area contributed by atoms with E-state index in [1.807, 2.05) is 29.6 Å². The number of hydrogen-bond donors (Lipinski definition) is 2. The van der Waals surface area contributed by atoms with Gasteiger partial charge in [0.25, 0.3) is 0 Å². The zero-order valence-electron chi connectivity index (χ0n) is 15.0. The van der Waals surface area contributed by atoms with Crippen molar-refractivity contribution >= 4 is 33.4 Å². The molecule has 0 spiro atoms. The molecule has 4 rings (SSSR count). The maximum Gasteiger partial charge on any atom is 0.226 e. The zero-order chi connectivity index (χ0) is 19.5. The highest BCUT2D eigenvalue weighted by Crippen LogP contribution is 2.27. The van der Waals surface area contributed by atoms with Crippen molar-refractivity contribution in [2.45, 2.75) is 12.8 Å². The summed E-state index contributed by atoms with van der Waals surface area (Å²) in [6.45, 7) is 0. The molecular weight excluding hydrogens is 379 g/mol. The molecular formula is C20H17FN4O2S. The van der Waals surface area contributed by atoms with Crippen LogP contribution in [-0.4, -0.2) is 28.0 Å². The highest BCUT2D eigenvalue weighted by Gasteiger charge is 2.11. The van der Waals surface area contributed by atoms with Crippen molar-refractivity contribution in [1.82, 2.24) is 15.0 Å². The van der Waals surface area contributed by atoms with Crippen LogP contribution in [0.2, 0.25) is 0 Å². The molecule has 8 heteroatoms. The highest BCUT2D eigenvalue weighted by atomic mass is 32.1. The summed E-state index contributed by atoms with van der Waals surface area (Å²) in [6, 6.07) is 12.0. The number of benzene rings is 2. The van der Waals surface area contributed by atoms with Crippen LogP contribution in [0.25, 0.3) is 22.3 Å². The van der Waals surface area contributed by atoms with E-state index in [9.17, 15) is 9.18 Å². The Morgan fingerprint density at radius 1 is 1.25 bits per heavy atom. The SMILES string of the molecule is COc1cccc(-c2csc(NC(=O)CCc3nc4ccc(F)cc4[nH]3)n2)c1. The number of anilines is 1. The van der Waals surface area contributed by atoms with Crippen molar-refractivity contribution in [1.29, 1.82) is 0 Å². The van der Waals surface area contributed by atoms with Crippen LogP contribution in [0.5, 0.6) is 5.75 Å². The van der Waals surface area contributed by atoms with Gasteiger partial charge in [-0.2, -0.15) is 0 Å². The number of aromatic nitrogens is 3. The molecule has 1 amide bonds. The smallest absolute Gasteiger partial charge is 0.226 e. The summed E-state index contributed by atoms with van der Waals surface area (Å²) in [5.41, 5.74) is 3.00. The molecule has 2 N–H and O–H groups in total. The summed E-state index contributed by atoms with van der Waals surface area (Å²) in [5, 5.41) is 5.23. The molecule has 28 heavy (non-hydrogen) atoms. The number of carbonyl (C=O) groups excluding carboxylic acids is 1. The number of thiazole rings is 1. The van der Waals surface area contributed by atoms with Crippen LogP contribution < -0.4 is 10.1 Å². The first-order valence-corrected chi connectivity index (χ1v) is 9.52. The molecule has 0 saturated heterocycles. The molecule has 2 heterocycles. The number of imidazole rings is 1. The standard InChI is InChI=1S/C20H17FN4O2S/c1-27-14-4-2-3-12(9-14)17-11-28-20(24-17)25-19(26)8-7-18-22-15-6-5-13(21)10-16(15)23-18/h2-6,9-11H,7-8H2,1H3,(H,22,23)(H,24,25,26). The molecule has 0 radical (unpaired) electrons.